The first-order chi connectivity index (χ1) is 6.18. The van der Waals surface area contributed by atoms with Crippen molar-refractivity contribution in [3.8, 4) is 0 Å². The van der Waals surface area contributed by atoms with Crippen molar-refractivity contribution in [1.29, 1.82) is 0 Å². The summed E-state index contributed by atoms with van der Waals surface area (Å²) in [5, 5.41) is 0. The first-order valence-electron chi connectivity index (χ1n) is 4.24. The average molecular weight is 189 g/mol. The lowest BCUT2D eigenvalue weighted by Crippen LogP contribution is -2.45. The van der Waals surface area contributed by atoms with E-state index in [0.29, 0.717) is 32.7 Å². The Balaban J connectivity index is 2.55. The summed E-state index contributed by atoms with van der Waals surface area (Å²) in [7, 11) is 1.57. The highest BCUT2D eigenvalue weighted by atomic mass is 16.6. The molecule has 0 unspecified atom stereocenters. The van der Waals surface area contributed by atoms with Crippen LogP contribution >= 0.6 is 0 Å². The zero-order chi connectivity index (χ0) is 9.73. The number of hydrogen-bond acceptors (Lipinski definition) is 4. The van der Waals surface area contributed by atoms with Gasteiger partial charge in [0.1, 0.15) is 5.60 Å². The first kappa shape index (κ1) is 10.3. The Morgan fingerprint density at radius 3 is 2.62 bits per heavy atom. The molecule has 1 aliphatic rings. The summed E-state index contributed by atoms with van der Waals surface area (Å²) in [4.78, 5) is 10.7. The van der Waals surface area contributed by atoms with Crippen LogP contribution in [0.25, 0.3) is 0 Å². The molecule has 0 spiro atoms. The van der Waals surface area contributed by atoms with Crippen LogP contribution in [0.2, 0.25) is 0 Å². The molecule has 76 valence electrons. The van der Waals surface area contributed by atoms with Gasteiger partial charge in [0.25, 0.3) is 0 Å². The molecule has 2 N–H and O–H groups in total. The second-order valence-corrected chi connectivity index (χ2v) is 3.15. The number of rotatable bonds is 3. The minimum absolute atomic E-state index is 0.374. The van der Waals surface area contributed by atoms with Gasteiger partial charge < -0.3 is 19.9 Å². The average Bonchev–Trinajstić information content (AvgIpc) is 2.04. The van der Waals surface area contributed by atoms with Crippen molar-refractivity contribution in [3.05, 3.63) is 0 Å². The van der Waals surface area contributed by atoms with Crippen LogP contribution in [-0.4, -0.2) is 38.6 Å². The third kappa shape index (κ3) is 2.86. The maximum Gasteiger partial charge on any atom is 0.405 e. The van der Waals surface area contributed by atoms with Crippen molar-refractivity contribution in [1.82, 2.24) is 0 Å². The van der Waals surface area contributed by atoms with Crippen LogP contribution in [0.5, 0.6) is 0 Å². The predicted octanol–water partition coefficient (Wildman–Crippen LogP) is 0.277. The fourth-order valence-corrected chi connectivity index (χ4v) is 1.50. The van der Waals surface area contributed by atoms with Gasteiger partial charge >= 0.3 is 6.09 Å². The minimum atomic E-state index is -0.751. The van der Waals surface area contributed by atoms with Gasteiger partial charge in [-0.05, 0) is 0 Å². The quantitative estimate of drug-likeness (QED) is 0.692. The van der Waals surface area contributed by atoms with Crippen LogP contribution in [0.1, 0.15) is 12.8 Å². The number of carbonyl (C=O) groups excluding carboxylic acids is 1. The number of amides is 1. The summed E-state index contributed by atoms with van der Waals surface area (Å²) in [5.41, 5.74) is 4.41. The van der Waals surface area contributed by atoms with E-state index in [1.54, 1.807) is 7.11 Å². The fraction of sp³-hybridized carbons (Fsp3) is 0.875. The molecule has 5 nitrogen and oxygen atoms in total. The second-order valence-electron chi connectivity index (χ2n) is 3.15. The summed E-state index contributed by atoms with van der Waals surface area (Å²) in [6.07, 6.45) is 0.534. The molecule has 13 heavy (non-hydrogen) atoms. The number of hydrogen-bond donors (Lipinski definition) is 1. The van der Waals surface area contributed by atoms with Gasteiger partial charge in [-0.15, -0.1) is 0 Å². The third-order valence-corrected chi connectivity index (χ3v) is 2.13. The number of nitrogens with two attached hydrogens (primary N) is 1. The predicted molar refractivity (Wildman–Crippen MR) is 45.3 cm³/mol. The van der Waals surface area contributed by atoms with Crippen molar-refractivity contribution >= 4 is 6.09 Å². The maximum absolute atomic E-state index is 10.7. The monoisotopic (exact) mass is 189 g/mol. The summed E-state index contributed by atoms with van der Waals surface area (Å²) >= 11 is 0. The van der Waals surface area contributed by atoms with Crippen LogP contribution in [-0.2, 0) is 14.2 Å². The van der Waals surface area contributed by atoms with Gasteiger partial charge in [0.2, 0.25) is 0 Å². The Labute approximate surface area is 77.1 Å². The zero-order valence-corrected chi connectivity index (χ0v) is 7.75. The largest absolute Gasteiger partial charge is 0.440 e. The highest BCUT2D eigenvalue weighted by Gasteiger charge is 2.36. The molecular formula is C8H15NO4. The van der Waals surface area contributed by atoms with Crippen LogP contribution in [0.3, 0.4) is 0 Å². The van der Waals surface area contributed by atoms with Crippen LogP contribution < -0.4 is 5.73 Å². The van der Waals surface area contributed by atoms with Crippen molar-refractivity contribution in [2.75, 3.05) is 26.9 Å². The minimum Gasteiger partial charge on any atom is -0.440 e. The van der Waals surface area contributed by atoms with E-state index in [9.17, 15) is 4.79 Å². The van der Waals surface area contributed by atoms with E-state index in [2.05, 4.69) is 0 Å². The van der Waals surface area contributed by atoms with E-state index in [-0.39, 0.29) is 0 Å². The molecule has 0 aromatic heterocycles. The van der Waals surface area contributed by atoms with Gasteiger partial charge in [-0.1, -0.05) is 0 Å². The van der Waals surface area contributed by atoms with Crippen LogP contribution in [0.4, 0.5) is 4.79 Å². The van der Waals surface area contributed by atoms with Gasteiger partial charge in [-0.3, -0.25) is 0 Å². The molecule has 0 aromatic carbocycles. The van der Waals surface area contributed by atoms with Crippen molar-refractivity contribution in [2.24, 2.45) is 5.73 Å². The SMILES string of the molecule is COCC1(OC(N)=O)CCOCC1. The normalized spacial score (nSPS) is 21.0. The smallest absolute Gasteiger partial charge is 0.405 e. The maximum atomic E-state index is 10.7. The van der Waals surface area contributed by atoms with Gasteiger partial charge in [0.05, 0.1) is 19.8 Å². The van der Waals surface area contributed by atoms with Crippen molar-refractivity contribution in [2.45, 2.75) is 18.4 Å². The molecule has 0 atom stereocenters. The lowest BCUT2D eigenvalue weighted by molar-refractivity contribution is -0.102. The Morgan fingerprint density at radius 2 is 2.15 bits per heavy atom. The number of methoxy groups -OCH3 is 1. The van der Waals surface area contributed by atoms with E-state index < -0.39 is 11.7 Å². The molecule has 1 fully saturated rings. The van der Waals surface area contributed by atoms with Gasteiger partial charge in [-0.2, -0.15) is 0 Å². The van der Waals surface area contributed by atoms with E-state index >= 15 is 0 Å². The van der Waals surface area contributed by atoms with Crippen LogP contribution in [0.15, 0.2) is 0 Å². The van der Waals surface area contributed by atoms with Gasteiger partial charge in [-0.25, -0.2) is 4.79 Å². The van der Waals surface area contributed by atoms with E-state index in [1.807, 2.05) is 0 Å². The number of primary amides is 1. The highest BCUT2D eigenvalue weighted by molar-refractivity contribution is 5.65. The summed E-state index contributed by atoms with van der Waals surface area (Å²) in [6.45, 7) is 1.53. The molecule has 1 aliphatic heterocycles. The van der Waals surface area contributed by atoms with Gasteiger partial charge in [0, 0.05) is 20.0 Å². The Bertz CT molecular complexity index is 171. The molecule has 0 radical (unpaired) electrons. The van der Waals surface area contributed by atoms with E-state index in [1.165, 1.54) is 0 Å². The molecule has 0 aliphatic carbocycles. The Morgan fingerprint density at radius 1 is 1.54 bits per heavy atom. The lowest BCUT2D eigenvalue weighted by Gasteiger charge is -2.35. The fourth-order valence-electron chi connectivity index (χ4n) is 1.50. The summed E-state index contributed by atoms with van der Waals surface area (Å²) in [6, 6.07) is 0. The van der Waals surface area contributed by atoms with Crippen LogP contribution in [0, 0.1) is 0 Å². The third-order valence-electron chi connectivity index (χ3n) is 2.13. The molecule has 1 amide bonds. The zero-order valence-electron chi connectivity index (χ0n) is 7.75. The van der Waals surface area contributed by atoms with Crippen molar-refractivity contribution in [3.63, 3.8) is 0 Å². The van der Waals surface area contributed by atoms with Gasteiger partial charge in [0.15, 0.2) is 0 Å². The Kier molecular flexibility index (Phi) is 3.50. The molecule has 1 rings (SSSR count). The molecule has 0 bridgehead atoms. The molecule has 0 aromatic rings. The Hall–Kier alpha value is -0.810. The lowest BCUT2D eigenvalue weighted by atomic mass is 9.95. The van der Waals surface area contributed by atoms with Crippen molar-refractivity contribution < 1.29 is 19.0 Å². The van der Waals surface area contributed by atoms with E-state index in [0.717, 1.165) is 0 Å². The molecule has 1 saturated heterocycles. The highest BCUT2D eigenvalue weighted by Crippen LogP contribution is 2.25. The molecule has 0 saturated carbocycles. The second kappa shape index (κ2) is 4.43. The summed E-state index contributed by atoms with van der Waals surface area (Å²) < 4.78 is 15.2. The standard InChI is InChI=1S/C8H15NO4/c1-11-6-8(13-7(9)10)2-4-12-5-3-8/h2-6H2,1H3,(H2,9,10). The molecule has 5 heteroatoms. The molecule has 1 heterocycles. The topological polar surface area (TPSA) is 70.8 Å². The first-order valence-corrected chi connectivity index (χ1v) is 4.24. The number of carbonyl (C=O) groups is 1. The van der Waals surface area contributed by atoms with E-state index in [4.69, 9.17) is 19.9 Å². The molecular weight excluding hydrogens is 174 g/mol. The number of ether oxygens (including phenoxy) is 3. The summed E-state index contributed by atoms with van der Waals surface area (Å²) in [5.74, 6) is 0.